The van der Waals surface area contributed by atoms with Gasteiger partial charge in [0.2, 0.25) is 15.9 Å². The first-order chi connectivity index (χ1) is 11.2. The van der Waals surface area contributed by atoms with Crippen LogP contribution in [0.1, 0.15) is 18.1 Å². The summed E-state index contributed by atoms with van der Waals surface area (Å²) in [5.41, 5.74) is 1.79. The zero-order valence-corrected chi connectivity index (χ0v) is 14.4. The van der Waals surface area contributed by atoms with Gasteiger partial charge in [-0.2, -0.15) is 4.72 Å². The van der Waals surface area contributed by atoms with Gasteiger partial charge in [-0.3, -0.25) is 4.79 Å². The number of carbonyl (C=O) groups is 1. The first-order valence-corrected chi connectivity index (χ1v) is 8.83. The molecule has 0 spiro atoms. The van der Waals surface area contributed by atoms with Gasteiger partial charge in [0.05, 0.1) is 10.9 Å². The Bertz CT molecular complexity index is 849. The number of anilines is 1. The quantitative estimate of drug-likeness (QED) is 0.871. The Labute approximate surface area is 141 Å². The van der Waals surface area contributed by atoms with Gasteiger partial charge in [-0.1, -0.05) is 12.1 Å². The van der Waals surface area contributed by atoms with Crippen LogP contribution in [-0.2, 0) is 14.8 Å². The van der Waals surface area contributed by atoms with Crippen LogP contribution < -0.4 is 10.0 Å². The van der Waals surface area contributed by atoms with Gasteiger partial charge >= 0.3 is 0 Å². The van der Waals surface area contributed by atoms with Crippen molar-refractivity contribution in [1.82, 2.24) is 4.72 Å². The third-order valence-electron chi connectivity index (χ3n) is 3.47. The maximum absolute atomic E-state index is 12.9. The minimum Gasteiger partial charge on any atom is -0.325 e. The second-order valence-electron chi connectivity index (χ2n) is 5.61. The van der Waals surface area contributed by atoms with Crippen LogP contribution in [0.3, 0.4) is 0 Å². The van der Waals surface area contributed by atoms with Crippen molar-refractivity contribution >= 4 is 21.6 Å². The highest BCUT2D eigenvalue weighted by Crippen LogP contribution is 2.17. The molecule has 2 aromatic rings. The minimum absolute atomic E-state index is 0.143. The highest BCUT2D eigenvalue weighted by atomic mass is 32.2. The van der Waals surface area contributed by atoms with Gasteiger partial charge < -0.3 is 5.32 Å². The molecule has 2 aromatic carbocycles. The van der Waals surface area contributed by atoms with E-state index in [-0.39, 0.29) is 4.90 Å². The molecule has 0 aliphatic heterocycles. The van der Waals surface area contributed by atoms with Crippen molar-refractivity contribution in [2.24, 2.45) is 0 Å². The fraction of sp³-hybridized carbons (Fsp3) is 0.235. The molecule has 0 aliphatic rings. The highest BCUT2D eigenvalue weighted by molar-refractivity contribution is 7.89. The van der Waals surface area contributed by atoms with Gasteiger partial charge in [0.1, 0.15) is 5.82 Å². The average molecular weight is 350 g/mol. The van der Waals surface area contributed by atoms with Gasteiger partial charge in [-0.15, -0.1) is 0 Å². The maximum Gasteiger partial charge on any atom is 0.242 e. The second kappa shape index (κ2) is 7.11. The molecule has 7 heteroatoms. The van der Waals surface area contributed by atoms with Crippen LogP contribution in [0, 0.1) is 19.7 Å². The zero-order chi connectivity index (χ0) is 17.9. The summed E-state index contributed by atoms with van der Waals surface area (Å²) in [7, 11) is -3.83. The molecule has 0 aromatic heterocycles. The third kappa shape index (κ3) is 4.39. The number of amides is 1. The standard InChI is InChI=1S/C17H19FN2O3S/c1-11-4-5-12(2)16(10-11)24(22,23)20-13(3)17(21)19-15-8-6-14(18)7-9-15/h4-10,13,20H,1-3H3,(H,19,21). The topological polar surface area (TPSA) is 75.3 Å². The largest absolute Gasteiger partial charge is 0.325 e. The molecule has 0 fully saturated rings. The van der Waals surface area contributed by atoms with Crippen LogP contribution >= 0.6 is 0 Å². The molecule has 0 heterocycles. The summed E-state index contributed by atoms with van der Waals surface area (Å²) in [6.45, 7) is 4.93. The summed E-state index contributed by atoms with van der Waals surface area (Å²) in [6.07, 6.45) is 0. The number of carbonyl (C=O) groups excluding carboxylic acids is 1. The van der Waals surface area contributed by atoms with Gasteiger partial charge in [0.25, 0.3) is 0 Å². The van der Waals surface area contributed by atoms with E-state index in [1.807, 2.05) is 6.07 Å². The fourth-order valence-corrected chi connectivity index (χ4v) is 3.66. The van der Waals surface area contributed by atoms with Crippen molar-refractivity contribution in [3.63, 3.8) is 0 Å². The highest BCUT2D eigenvalue weighted by Gasteiger charge is 2.23. The minimum atomic E-state index is -3.83. The lowest BCUT2D eigenvalue weighted by Crippen LogP contribution is -2.41. The molecule has 0 bridgehead atoms. The van der Waals surface area contributed by atoms with E-state index in [4.69, 9.17) is 0 Å². The van der Waals surface area contributed by atoms with E-state index in [0.717, 1.165) is 5.56 Å². The molecule has 0 saturated carbocycles. The smallest absolute Gasteiger partial charge is 0.242 e. The number of halogens is 1. The van der Waals surface area contributed by atoms with E-state index in [1.165, 1.54) is 31.2 Å². The SMILES string of the molecule is Cc1ccc(C)c(S(=O)(=O)NC(C)C(=O)Nc2ccc(F)cc2)c1. The Kier molecular flexibility index (Phi) is 5.36. The van der Waals surface area contributed by atoms with Crippen LogP contribution in [0.4, 0.5) is 10.1 Å². The molecule has 0 radical (unpaired) electrons. The summed E-state index contributed by atoms with van der Waals surface area (Å²) < 4.78 is 40.2. The Morgan fingerprint density at radius 3 is 2.33 bits per heavy atom. The monoisotopic (exact) mass is 350 g/mol. The average Bonchev–Trinajstić information content (AvgIpc) is 2.51. The predicted octanol–water partition coefficient (Wildman–Crippen LogP) is 2.75. The van der Waals surface area contributed by atoms with E-state index in [2.05, 4.69) is 10.0 Å². The summed E-state index contributed by atoms with van der Waals surface area (Å²) in [5.74, 6) is -0.952. The number of hydrogen-bond donors (Lipinski definition) is 2. The maximum atomic E-state index is 12.9. The molecule has 24 heavy (non-hydrogen) atoms. The number of hydrogen-bond acceptors (Lipinski definition) is 3. The number of rotatable bonds is 5. The van der Waals surface area contributed by atoms with E-state index in [9.17, 15) is 17.6 Å². The molecular formula is C17H19FN2O3S. The van der Waals surface area contributed by atoms with Crippen LogP contribution in [0.15, 0.2) is 47.4 Å². The Morgan fingerprint density at radius 2 is 1.71 bits per heavy atom. The number of nitrogens with one attached hydrogen (secondary N) is 2. The summed E-state index contributed by atoms with van der Waals surface area (Å²) in [6, 6.07) is 9.33. The Morgan fingerprint density at radius 1 is 1.08 bits per heavy atom. The first-order valence-electron chi connectivity index (χ1n) is 7.35. The lowest BCUT2D eigenvalue weighted by molar-refractivity contribution is -0.117. The zero-order valence-electron chi connectivity index (χ0n) is 13.6. The van der Waals surface area contributed by atoms with Crippen molar-refractivity contribution < 1.29 is 17.6 Å². The number of aryl methyl sites for hydroxylation is 2. The Balaban J connectivity index is 2.12. The lowest BCUT2D eigenvalue weighted by atomic mass is 10.2. The van der Waals surface area contributed by atoms with Crippen LogP contribution in [0.25, 0.3) is 0 Å². The van der Waals surface area contributed by atoms with Gasteiger partial charge in [-0.25, -0.2) is 12.8 Å². The second-order valence-corrected chi connectivity index (χ2v) is 7.29. The molecule has 1 amide bonds. The number of sulfonamides is 1. The normalized spacial score (nSPS) is 12.7. The molecule has 1 atom stereocenters. The molecule has 128 valence electrons. The van der Waals surface area contributed by atoms with E-state index in [1.54, 1.807) is 26.0 Å². The van der Waals surface area contributed by atoms with Crippen molar-refractivity contribution in [3.05, 3.63) is 59.4 Å². The van der Waals surface area contributed by atoms with Crippen LogP contribution in [-0.4, -0.2) is 20.4 Å². The number of benzene rings is 2. The van der Waals surface area contributed by atoms with Crippen LogP contribution in [0.2, 0.25) is 0 Å². The van der Waals surface area contributed by atoms with E-state index < -0.39 is 27.8 Å². The van der Waals surface area contributed by atoms with E-state index in [0.29, 0.717) is 11.3 Å². The fourth-order valence-electron chi connectivity index (χ4n) is 2.13. The molecule has 0 aliphatic carbocycles. The molecule has 5 nitrogen and oxygen atoms in total. The Hall–Kier alpha value is -2.25. The van der Waals surface area contributed by atoms with Crippen molar-refractivity contribution in [3.8, 4) is 0 Å². The first kappa shape index (κ1) is 18.1. The van der Waals surface area contributed by atoms with Gasteiger partial charge in [-0.05, 0) is 62.2 Å². The van der Waals surface area contributed by atoms with Crippen molar-refractivity contribution in [2.75, 3.05) is 5.32 Å². The summed E-state index contributed by atoms with van der Waals surface area (Å²) in [4.78, 5) is 12.3. The molecule has 2 N–H and O–H groups in total. The van der Waals surface area contributed by atoms with Crippen LogP contribution in [0.5, 0.6) is 0 Å². The molecule has 0 saturated heterocycles. The van der Waals surface area contributed by atoms with Gasteiger partial charge in [0.15, 0.2) is 0 Å². The molecular weight excluding hydrogens is 331 g/mol. The van der Waals surface area contributed by atoms with Gasteiger partial charge in [0, 0.05) is 5.69 Å². The summed E-state index contributed by atoms with van der Waals surface area (Å²) >= 11 is 0. The van der Waals surface area contributed by atoms with Crippen molar-refractivity contribution in [1.29, 1.82) is 0 Å². The molecule has 1 unspecified atom stereocenters. The predicted molar refractivity (Wildman–Crippen MR) is 90.7 cm³/mol. The summed E-state index contributed by atoms with van der Waals surface area (Å²) in [5, 5.41) is 2.54. The third-order valence-corrected chi connectivity index (χ3v) is 5.15. The lowest BCUT2D eigenvalue weighted by Gasteiger charge is -2.16. The van der Waals surface area contributed by atoms with E-state index >= 15 is 0 Å². The van der Waals surface area contributed by atoms with Crippen molar-refractivity contribution in [2.45, 2.75) is 31.7 Å². The molecule has 2 rings (SSSR count).